The highest BCUT2D eigenvalue weighted by atomic mass is 32.2. The Morgan fingerprint density at radius 1 is 0.625 bits per heavy atom. The number of rotatable bonds is 16. The quantitative estimate of drug-likeness (QED) is 0.0681. The maximum Gasteiger partial charge on any atom is 0.435 e. The second kappa shape index (κ2) is 21.3. The van der Waals surface area contributed by atoms with Gasteiger partial charge in [0.15, 0.2) is 17.2 Å². The molecule has 8 aromatic rings. The zero-order chi connectivity index (χ0) is 50.1. The van der Waals surface area contributed by atoms with Crippen LogP contribution in [0.5, 0.6) is 0 Å². The minimum absolute atomic E-state index is 0.103. The van der Waals surface area contributed by atoms with Gasteiger partial charge in [-0.15, -0.1) is 46.2 Å². The maximum absolute atomic E-state index is 15.5. The number of likely N-dealkylation sites (tertiary alicyclic amines) is 2. The van der Waals surface area contributed by atoms with E-state index in [0.29, 0.717) is 63.4 Å². The molecule has 72 heavy (non-hydrogen) atoms. The van der Waals surface area contributed by atoms with Gasteiger partial charge in [-0.05, 0) is 102 Å². The minimum atomic E-state index is -4.70. The Morgan fingerprint density at radius 3 is 1.42 bits per heavy atom. The number of para-hydroxylation sites is 2. The number of fused-ring (bicyclic) bond motifs is 2. The number of alkyl halides is 6. The first kappa shape index (κ1) is 50.3. The molecule has 0 bridgehead atoms. The van der Waals surface area contributed by atoms with Crippen molar-refractivity contribution in [2.24, 2.45) is 0 Å². The van der Waals surface area contributed by atoms with Crippen LogP contribution in [0.15, 0.2) is 106 Å². The molecule has 2 fully saturated rings. The van der Waals surface area contributed by atoms with Crippen molar-refractivity contribution in [3.63, 3.8) is 0 Å². The van der Waals surface area contributed by atoms with Crippen LogP contribution in [0.4, 0.5) is 26.3 Å². The average Bonchev–Trinajstić information content (AvgIpc) is 4.21. The molecule has 376 valence electrons. The summed E-state index contributed by atoms with van der Waals surface area (Å²) >= 11 is 6.57. The third-order valence-corrected chi connectivity index (χ3v) is 17.9. The lowest BCUT2D eigenvalue weighted by atomic mass is 9.91. The number of thiazole rings is 2. The van der Waals surface area contributed by atoms with Crippen LogP contribution in [0.1, 0.15) is 81.7 Å². The van der Waals surface area contributed by atoms with Gasteiger partial charge in [-0.1, -0.05) is 36.4 Å². The standard InChI is InChI=1S/C51H50F6N10OS4/c1-31-23-43(50(52,53)54)62-66(31)25-39(64-19-13-35(14-20-64)48-60-37(29-71-48)27-69-41-11-3-7-33-9-5-17-58-45(33)41)47(68)40(26-67-32(2)24-44(63-67)51(55,56)57)65-21-15-36(16-22-65)49-61-38(30-72-49)28-70-42-12-4-8-34-10-6-18-59-46(34)42/h3-12,17-18,23-24,29-30,35-36,39-40H,13-16,19-22,25-28H2,1-2H3. The fourth-order valence-electron chi connectivity index (χ4n) is 9.75. The van der Waals surface area contributed by atoms with E-state index in [2.05, 4.69) is 43.1 Å². The van der Waals surface area contributed by atoms with E-state index in [9.17, 15) is 26.3 Å². The number of nitrogens with zero attached hydrogens (tertiary/aromatic N) is 10. The summed E-state index contributed by atoms with van der Waals surface area (Å²) in [7, 11) is 0. The number of hydrogen-bond acceptors (Lipinski definition) is 13. The summed E-state index contributed by atoms with van der Waals surface area (Å²) < 4.78 is 86.6. The Labute approximate surface area is 428 Å². The predicted molar refractivity (Wildman–Crippen MR) is 270 cm³/mol. The SMILES string of the molecule is Cc1cc(C(F)(F)F)nn1CC(C(=O)C(Cn1nc(C(F)(F)F)cc1C)N1CCC(c2nc(CSc3cccc4cccnc34)cs2)CC1)N1CCC(c2nc(CSc3cccc4cccnc34)cs2)CC1. The molecule has 2 aliphatic heterocycles. The number of thioether (sulfide) groups is 2. The van der Waals surface area contributed by atoms with Crippen molar-refractivity contribution in [2.75, 3.05) is 26.2 Å². The van der Waals surface area contributed by atoms with Crippen LogP contribution in [-0.4, -0.2) is 93.3 Å². The molecular weight excluding hydrogens is 1010 g/mol. The smallest absolute Gasteiger partial charge is 0.296 e. The molecule has 6 aromatic heterocycles. The number of carbonyl (C=O) groups excluding carboxylic acids is 1. The van der Waals surface area contributed by atoms with Gasteiger partial charge in [0.25, 0.3) is 0 Å². The molecule has 2 saturated heterocycles. The van der Waals surface area contributed by atoms with Crippen LogP contribution in [0.25, 0.3) is 21.8 Å². The van der Waals surface area contributed by atoms with E-state index in [4.69, 9.17) is 9.97 Å². The first-order valence-electron chi connectivity index (χ1n) is 23.7. The van der Waals surface area contributed by atoms with E-state index in [1.165, 1.54) is 23.2 Å². The van der Waals surface area contributed by atoms with Crippen molar-refractivity contribution in [2.45, 2.75) is 110 Å². The number of Topliss-reactive ketones (excluding diaryl/α,β-unsaturated/α-hetero) is 1. The molecule has 0 aliphatic carbocycles. The maximum atomic E-state index is 15.5. The van der Waals surface area contributed by atoms with Gasteiger partial charge >= 0.3 is 12.4 Å². The molecular formula is C51H50F6N10OS4. The second-order valence-electron chi connectivity index (χ2n) is 18.4. The second-order valence-corrected chi connectivity index (χ2v) is 22.2. The van der Waals surface area contributed by atoms with Crippen LogP contribution < -0.4 is 0 Å². The Hall–Kier alpha value is -5.19. The summed E-state index contributed by atoms with van der Waals surface area (Å²) in [4.78, 5) is 40.9. The summed E-state index contributed by atoms with van der Waals surface area (Å²) in [5.41, 5.74) is 2.17. The number of aromatic nitrogens is 8. The van der Waals surface area contributed by atoms with Crippen molar-refractivity contribution in [3.8, 4) is 0 Å². The minimum Gasteiger partial charge on any atom is -0.296 e. The highest BCUT2D eigenvalue weighted by Gasteiger charge is 2.42. The summed E-state index contributed by atoms with van der Waals surface area (Å²) in [6.45, 7) is 4.54. The molecule has 10 rings (SSSR count). The number of halogens is 6. The lowest BCUT2D eigenvalue weighted by Gasteiger charge is -2.41. The number of piperidine rings is 2. The van der Waals surface area contributed by atoms with Crippen molar-refractivity contribution in [3.05, 3.63) is 140 Å². The largest absolute Gasteiger partial charge is 0.435 e. The van der Waals surface area contributed by atoms with Crippen molar-refractivity contribution >= 4 is 73.8 Å². The molecule has 0 saturated carbocycles. The molecule has 11 nitrogen and oxygen atoms in total. The monoisotopic (exact) mass is 1060 g/mol. The highest BCUT2D eigenvalue weighted by molar-refractivity contribution is 7.99. The molecule has 0 N–H and O–H groups in total. The molecule has 0 amide bonds. The van der Waals surface area contributed by atoms with E-state index in [0.717, 1.165) is 65.1 Å². The van der Waals surface area contributed by atoms with Crippen LogP contribution in [0, 0.1) is 13.8 Å². The number of carbonyl (C=O) groups is 1. The zero-order valence-electron chi connectivity index (χ0n) is 39.3. The van der Waals surface area contributed by atoms with Crippen molar-refractivity contribution < 1.29 is 31.1 Å². The van der Waals surface area contributed by atoms with Crippen LogP contribution in [0.3, 0.4) is 0 Å². The van der Waals surface area contributed by atoms with Crippen LogP contribution in [-0.2, 0) is 41.7 Å². The first-order valence-corrected chi connectivity index (χ1v) is 27.4. The van der Waals surface area contributed by atoms with Crippen molar-refractivity contribution in [1.29, 1.82) is 0 Å². The Morgan fingerprint density at radius 2 is 1.03 bits per heavy atom. The summed E-state index contributed by atoms with van der Waals surface area (Å²) in [5.74, 6) is 1.24. The summed E-state index contributed by atoms with van der Waals surface area (Å²) in [6, 6.07) is 20.2. The van der Waals surface area contributed by atoms with Gasteiger partial charge in [-0.3, -0.25) is 33.9 Å². The number of hydrogen-bond donors (Lipinski definition) is 0. The fourth-order valence-corrected chi connectivity index (χ4v) is 13.8. The number of pyridine rings is 2. The molecule has 0 spiro atoms. The highest BCUT2D eigenvalue weighted by Crippen LogP contribution is 2.38. The fraction of sp³-hybridized carbons (Fsp3) is 0.392. The number of ketones is 1. The Balaban J connectivity index is 0.869. The summed E-state index contributed by atoms with van der Waals surface area (Å²) in [5, 5.41) is 16.2. The third-order valence-electron chi connectivity index (χ3n) is 13.6. The van der Waals surface area contributed by atoms with E-state index in [-0.39, 0.29) is 42.1 Å². The van der Waals surface area contributed by atoms with Gasteiger partial charge in [-0.25, -0.2) is 9.97 Å². The zero-order valence-corrected chi connectivity index (χ0v) is 42.6. The van der Waals surface area contributed by atoms with E-state index < -0.39 is 35.8 Å². The molecule has 2 aliphatic rings. The number of aryl methyl sites for hydroxylation is 2. The molecule has 2 aromatic carbocycles. The van der Waals surface area contributed by atoms with Gasteiger partial charge in [0.2, 0.25) is 0 Å². The Kier molecular flexibility index (Phi) is 14.9. The molecule has 2 atom stereocenters. The predicted octanol–water partition coefficient (Wildman–Crippen LogP) is 12.1. The van der Waals surface area contributed by atoms with Gasteiger partial charge < -0.3 is 0 Å². The molecule has 21 heteroatoms. The van der Waals surface area contributed by atoms with E-state index in [1.807, 2.05) is 58.3 Å². The van der Waals surface area contributed by atoms with Crippen LogP contribution >= 0.6 is 46.2 Å². The van der Waals surface area contributed by atoms with Gasteiger partial charge in [0.05, 0.1) is 57.6 Å². The lowest BCUT2D eigenvalue weighted by molar-refractivity contribution is -0.142. The van der Waals surface area contributed by atoms with Gasteiger partial charge in [0.1, 0.15) is 0 Å². The van der Waals surface area contributed by atoms with E-state index in [1.54, 1.807) is 58.6 Å². The van der Waals surface area contributed by atoms with Crippen molar-refractivity contribution in [1.82, 2.24) is 49.3 Å². The lowest BCUT2D eigenvalue weighted by Crippen LogP contribution is -2.57. The first-order chi connectivity index (χ1) is 34.6. The normalized spacial score (nSPS) is 16.8. The van der Waals surface area contributed by atoms with E-state index >= 15 is 4.79 Å². The van der Waals surface area contributed by atoms with Gasteiger partial charge in [0, 0.05) is 78.4 Å². The number of benzene rings is 2. The average molecular weight is 1060 g/mol. The Bertz CT molecular complexity index is 2950. The molecule has 2 unspecified atom stereocenters. The summed E-state index contributed by atoms with van der Waals surface area (Å²) in [6.07, 6.45) is -3.21. The molecule has 8 heterocycles. The topological polar surface area (TPSA) is 111 Å². The van der Waals surface area contributed by atoms with Gasteiger partial charge in [-0.2, -0.15) is 36.5 Å². The molecule has 0 radical (unpaired) electrons. The third kappa shape index (κ3) is 11.3. The van der Waals surface area contributed by atoms with Crippen LogP contribution in [0.2, 0.25) is 0 Å².